The van der Waals surface area contributed by atoms with Crippen LogP contribution in [0.5, 0.6) is 0 Å². The van der Waals surface area contributed by atoms with Crippen LogP contribution in [0.4, 0.5) is 10.5 Å². The van der Waals surface area contributed by atoms with Gasteiger partial charge in [-0.1, -0.05) is 30.3 Å². The number of aromatic nitrogens is 2. The number of hydrogen-bond donors (Lipinski definition) is 2. The molecule has 0 bridgehead atoms. The highest BCUT2D eigenvalue weighted by atomic mass is 16.3. The van der Waals surface area contributed by atoms with E-state index in [9.17, 15) is 9.90 Å². The van der Waals surface area contributed by atoms with Crippen molar-refractivity contribution in [2.24, 2.45) is 0 Å². The molecule has 0 aliphatic heterocycles. The van der Waals surface area contributed by atoms with Crippen molar-refractivity contribution in [3.05, 3.63) is 48.3 Å². The van der Waals surface area contributed by atoms with E-state index in [1.165, 1.54) is 0 Å². The number of rotatable bonds is 5. The highest BCUT2D eigenvalue weighted by Crippen LogP contribution is 2.16. The van der Waals surface area contributed by atoms with Crippen LogP contribution in [0, 0.1) is 0 Å². The fourth-order valence-electron chi connectivity index (χ4n) is 2.13. The first kappa shape index (κ1) is 17.0. The van der Waals surface area contributed by atoms with E-state index in [2.05, 4.69) is 10.4 Å². The number of nitrogens with one attached hydrogen (secondary N) is 1. The summed E-state index contributed by atoms with van der Waals surface area (Å²) in [6.07, 6.45) is 3.43. The Morgan fingerprint density at radius 3 is 2.57 bits per heavy atom. The highest BCUT2D eigenvalue weighted by molar-refractivity contribution is 5.89. The number of aliphatic hydroxyl groups is 1. The molecule has 0 unspecified atom stereocenters. The van der Waals surface area contributed by atoms with Crippen molar-refractivity contribution < 1.29 is 9.90 Å². The Balaban J connectivity index is 2.04. The van der Waals surface area contributed by atoms with Crippen molar-refractivity contribution in [1.82, 2.24) is 14.7 Å². The van der Waals surface area contributed by atoms with Gasteiger partial charge in [-0.25, -0.2) is 4.79 Å². The number of aliphatic hydroxyl groups excluding tert-OH is 1. The molecule has 0 spiro atoms. The van der Waals surface area contributed by atoms with Crippen molar-refractivity contribution in [3.63, 3.8) is 0 Å². The molecule has 23 heavy (non-hydrogen) atoms. The number of urea groups is 1. The standard InChI is InChI=1S/C17H24N4O2/c1-17(2,3)21-13-15(11-18-21)19-16(23)20(9-10-22)12-14-7-5-4-6-8-14/h4-8,11,13,22H,9-10,12H2,1-3H3,(H,19,23). The maximum absolute atomic E-state index is 12.4. The van der Waals surface area contributed by atoms with Crippen LogP contribution in [0.3, 0.4) is 0 Å². The molecule has 0 saturated heterocycles. The Hall–Kier alpha value is -2.34. The van der Waals surface area contributed by atoms with Gasteiger partial charge in [0, 0.05) is 19.3 Å². The molecule has 0 atom stereocenters. The van der Waals surface area contributed by atoms with E-state index in [4.69, 9.17) is 0 Å². The van der Waals surface area contributed by atoms with Gasteiger partial charge in [-0.2, -0.15) is 5.10 Å². The maximum Gasteiger partial charge on any atom is 0.322 e. The van der Waals surface area contributed by atoms with Crippen LogP contribution in [0.15, 0.2) is 42.7 Å². The monoisotopic (exact) mass is 316 g/mol. The van der Waals surface area contributed by atoms with E-state index in [1.54, 1.807) is 22.0 Å². The predicted octanol–water partition coefficient (Wildman–Crippen LogP) is 2.66. The molecule has 1 aromatic carbocycles. The van der Waals surface area contributed by atoms with Crippen LogP contribution in [0.2, 0.25) is 0 Å². The third-order valence-corrected chi connectivity index (χ3v) is 3.39. The number of carbonyl (C=O) groups excluding carboxylic acids is 1. The van der Waals surface area contributed by atoms with E-state index in [1.807, 2.05) is 51.1 Å². The number of benzene rings is 1. The first-order valence-electron chi connectivity index (χ1n) is 7.66. The summed E-state index contributed by atoms with van der Waals surface area (Å²) in [5, 5.41) is 16.3. The lowest BCUT2D eigenvalue weighted by atomic mass is 10.1. The summed E-state index contributed by atoms with van der Waals surface area (Å²) in [7, 11) is 0. The Kier molecular flexibility index (Phi) is 5.39. The molecule has 0 aliphatic rings. The molecule has 1 heterocycles. The molecule has 2 aromatic rings. The first-order chi connectivity index (χ1) is 10.9. The van der Waals surface area contributed by atoms with Gasteiger partial charge in [0.1, 0.15) is 0 Å². The summed E-state index contributed by atoms with van der Waals surface area (Å²) < 4.78 is 1.80. The second-order valence-electron chi connectivity index (χ2n) is 6.41. The zero-order chi connectivity index (χ0) is 16.9. The molecule has 6 nitrogen and oxygen atoms in total. The zero-order valence-corrected chi connectivity index (χ0v) is 13.9. The van der Waals surface area contributed by atoms with Crippen molar-refractivity contribution in [1.29, 1.82) is 0 Å². The van der Waals surface area contributed by atoms with Crippen LogP contribution in [-0.4, -0.2) is 39.0 Å². The van der Waals surface area contributed by atoms with Gasteiger partial charge in [-0.3, -0.25) is 4.68 Å². The number of anilines is 1. The third-order valence-electron chi connectivity index (χ3n) is 3.39. The minimum atomic E-state index is -0.253. The van der Waals surface area contributed by atoms with Gasteiger partial charge in [0.15, 0.2) is 0 Å². The van der Waals surface area contributed by atoms with Gasteiger partial charge >= 0.3 is 6.03 Å². The lowest BCUT2D eigenvalue weighted by molar-refractivity contribution is 0.185. The molecule has 2 rings (SSSR count). The summed E-state index contributed by atoms with van der Waals surface area (Å²) in [5.74, 6) is 0. The Morgan fingerprint density at radius 2 is 2.00 bits per heavy atom. The van der Waals surface area contributed by atoms with E-state index in [0.717, 1.165) is 5.56 Å². The van der Waals surface area contributed by atoms with Gasteiger partial charge < -0.3 is 15.3 Å². The molecule has 1 aromatic heterocycles. The SMILES string of the molecule is CC(C)(C)n1cc(NC(=O)N(CCO)Cc2ccccc2)cn1. The van der Waals surface area contributed by atoms with Gasteiger partial charge in [0.25, 0.3) is 0 Å². The van der Waals surface area contributed by atoms with Crippen LogP contribution >= 0.6 is 0 Å². The lowest BCUT2D eigenvalue weighted by Gasteiger charge is -2.22. The fraction of sp³-hybridized carbons (Fsp3) is 0.412. The van der Waals surface area contributed by atoms with Crippen LogP contribution in [0.25, 0.3) is 0 Å². The largest absolute Gasteiger partial charge is 0.395 e. The third kappa shape index (κ3) is 4.82. The molecular formula is C17H24N4O2. The average Bonchev–Trinajstić information content (AvgIpc) is 2.96. The maximum atomic E-state index is 12.4. The molecule has 0 aliphatic carbocycles. The van der Waals surface area contributed by atoms with Crippen LogP contribution in [-0.2, 0) is 12.1 Å². The van der Waals surface area contributed by atoms with Crippen LogP contribution in [0.1, 0.15) is 26.3 Å². The van der Waals surface area contributed by atoms with Gasteiger partial charge in [0.2, 0.25) is 0 Å². The molecule has 2 amide bonds. The van der Waals surface area contributed by atoms with Crippen molar-refractivity contribution in [3.8, 4) is 0 Å². The van der Waals surface area contributed by atoms with E-state index in [-0.39, 0.29) is 24.7 Å². The normalized spacial score (nSPS) is 11.3. The van der Waals surface area contributed by atoms with E-state index < -0.39 is 0 Å². The molecule has 2 N–H and O–H groups in total. The molecule has 6 heteroatoms. The molecule has 0 radical (unpaired) electrons. The van der Waals surface area contributed by atoms with Gasteiger partial charge in [-0.15, -0.1) is 0 Å². The van der Waals surface area contributed by atoms with Crippen molar-refractivity contribution in [2.45, 2.75) is 32.9 Å². The summed E-state index contributed by atoms with van der Waals surface area (Å²) in [6.45, 7) is 6.76. The summed E-state index contributed by atoms with van der Waals surface area (Å²) in [4.78, 5) is 14.0. The zero-order valence-electron chi connectivity index (χ0n) is 13.9. The Morgan fingerprint density at radius 1 is 1.30 bits per heavy atom. The van der Waals surface area contributed by atoms with Gasteiger partial charge in [-0.05, 0) is 26.3 Å². The average molecular weight is 316 g/mol. The molecule has 0 saturated carbocycles. The van der Waals surface area contributed by atoms with Crippen molar-refractivity contribution >= 4 is 11.7 Å². The quantitative estimate of drug-likeness (QED) is 0.891. The number of hydrogen-bond acceptors (Lipinski definition) is 3. The minimum absolute atomic E-state index is 0.0818. The second-order valence-corrected chi connectivity index (χ2v) is 6.41. The van der Waals surface area contributed by atoms with Crippen molar-refractivity contribution in [2.75, 3.05) is 18.5 Å². The molecule has 0 fully saturated rings. The fourth-order valence-corrected chi connectivity index (χ4v) is 2.13. The van der Waals surface area contributed by atoms with E-state index in [0.29, 0.717) is 12.2 Å². The molecule has 124 valence electrons. The van der Waals surface area contributed by atoms with Crippen LogP contribution < -0.4 is 5.32 Å². The summed E-state index contributed by atoms with van der Waals surface area (Å²) in [5.41, 5.74) is 1.51. The summed E-state index contributed by atoms with van der Waals surface area (Å²) in [6, 6.07) is 9.44. The number of carbonyl (C=O) groups is 1. The minimum Gasteiger partial charge on any atom is -0.395 e. The van der Waals surface area contributed by atoms with Gasteiger partial charge in [0.05, 0.1) is 24.0 Å². The second kappa shape index (κ2) is 7.28. The number of amides is 2. The predicted molar refractivity (Wildman–Crippen MR) is 90.2 cm³/mol. The highest BCUT2D eigenvalue weighted by Gasteiger charge is 2.17. The topological polar surface area (TPSA) is 70.4 Å². The first-order valence-corrected chi connectivity index (χ1v) is 7.66. The number of nitrogens with zero attached hydrogens (tertiary/aromatic N) is 3. The molecular weight excluding hydrogens is 292 g/mol. The summed E-state index contributed by atoms with van der Waals surface area (Å²) >= 11 is 0. The Bertz CT molecular complexity index is 632. The lowest BCUT2D eigenvalue weighted by Crippen LogP contribution is -2.36. The van der Waals surface area contributed by atoms with E-state index >= 15 is 0 Å². The Labute approximate surface area is 136 Å². The smallest absolute Gasteiger partial charge is 0.322 e.